The third-order valence-electron chi connectivity index (χ3n) is 3.94. The van der Waals surface area contributed by atoms with Crippen molar-refractivity contribution in [3.8, 4) is 0 Å². The van der Waals surface area contributed by atoms with Crippen LogP contribution in [-0.4, -0.2) is 33.7 Å². The molecule has 0 spiro atoms. The quantitative estimate of drug-likeness (QED) is 0.802. The lowest BCUT2D eigenvalue weighted by molar-refractivity contribution is -0.140. The number of nitrogens with zero attached hydrogens (tertiary/aromatic N) is 3. The van der Waals surface area contributed by atoms with E-state index in [0.29, 0.717) is 28.7 Å². The number of carbonyl (C=O) groups excluding carboxylic acids is 1. The molecule has 120 valence electrons. The van der Waals surface area contributed by atoms with Crippen LogP contribution in [0.5, 0.6) is 0 Å². The van der Waals surface area contributed by atoms with E-state index in [2.05, 4.69) is 12.0 Å². The normalized spacial score (nSPS) is 19.9. The zero-order valence-electron chi connectivity index (χ0n) is 12.3. The third kappa shape index (κ3) is 2.60. The monoisotopic (exact) mass is 331 g/mol. The molecule has 3 heterocycles. The van der Waals surface area contributed by atoms with Crippen molar-refractivity contribution in [1.82, 2.24) is 14.7 Å². The minimum absolute atomic E-state index is 0.00779. The van der Waals surface area contributed by atoms with Gasteiger partial charge in [-0.3, -0.25) is 9.48 Å². The van der Waals surface area contributed by atoms with E-state index in [9.17, 15) is 18.0 Å². The van der Waals surface area contributed by atoms with Gasteiger partial charge in [0.2, 0.25) is 0 Å². The number of fused-ring (bicyclic) bond motifs is 1. The predicted molar refractivity (Wildman–Crippen MR) is 77.9 cm³/mol. The first kappa shape index (κ1) is 15.3. The standard InChI is InChI=1S/C14H16F3N3OS/c1-8-4-3-5-20(7-8)12(21)10-6-9-11(14(15,16)17)18-19(2)13(9)22-10/h6,8H,3-5,7H2,1-2H3/t8-/m0/s1. The van der Waals surface area contributed by atoms with Crippen LogP contribution in [0.25, 0.3) is 10.2 Å². The van der Waals surface area contributed by atoms with Gasteiger partial charge >= 0.3 is 6.18 Å². The van der Waals surface area contributed by atoms with E-state index in [1.807, 2.05) is 0 Å². The van der Waals surface area contributed by atoms with Crippen molar-refractivity contribution >= 4 is 27.5 Å². The van der Waals surface area contributed by atoms with Crippen LogP contribution in [0.1, 0.15) is 35.1 Å². The fourth-order valence-corrected chi connectivity index (χ4v) is 3.93. The second kappa shape index (κ2) is 5.26. The minimum atomic E-state index is -4.51. The van der Waals surface area contributed by atoms with Crippen molar-refractivity contribution in [3.63, 3.8) is 0 Å². The first-order chi connectivity index (χ1) is 10.3. The molecule has 1 amide bonds. The van der Waals surface area contributed by atoms with Crippen LogP contribution in [0, 0.1) is 5.92 Å². The highest BCUT2D eigenvalue weighted by atomic mass is 32.1. The van der Waals surface area contributed by atoms with E-state index >= 15 is 0 Å². The number of carbonyl (C=O) groups is 1. The van der Waals surface area contributed by atoms with Crippen LogP contribution in [0.4, 0.5) is 13.2 Å². The minimum Gasteiger partial charge on any atom is -0.338 e. The van der Waals surface area contributed by atoms with Crippen molar-refractivity contribution in [2.75, 3.05) is 13.1 Å². The number of thiophene rings is 1. The average molecular weight is 331 g/mol. The Morgan fingerprint density at radius 3 is 2.82 bits per heavy atom. The predicted octanol–water partition coefficient (Wildman–Crippen LogP) is 3.53. The Kier molecular flexibility index (Phi) is 3.66. The van der Waals surface area contributed by atoms with Gasteiger partial charge in [-0.2, -0.15) is 18.3 Å². The zero-order chi connectivity index (χ0) is 16.1. The lowest BCUT2D eigenvalue weighted by Gasteiger charge is -2.30. The maximum Gasteiger partial charge on any atom is 0.435 e. The number of aromatic nitrogens is 2. The van der Waals surface area contributed by atoms with Gasteiger partial charge in [0.1, 0.15) is 4.83 Å². The molecular formula is C14H16F3N3OS. The smallest absolute Gasteiger partial charge is 0.338 e. The van der Waals surface area contributed by atoms with Gasteiger partial charge in [-0.1, -0.05) is 6.92 Å². The summed E-state index contributed by atoms with van der Waals surface area (Å²) in [6.07, 6.45) is -2.49. The van der Waals surface area contributed by atoms with E-state index in [1.54, 1.807) is 4.90 Å². The largest absolute Gasteiger partial charge is 0.435 e. The van der Waals surface area contributed by atoms with E-state index in [-0.39, 0.29) is 11.3 Å². The molecule has 0 radical (unpaired) electrons. The second-order valence-corrected chi connectivity index (χ2v) is 6.83. The lowest BCUT2D eigenvalue weighted by atomic mass is 10.0. The number of halogens is 3. The molecule has 1 saturated heterocycles. The Labute approximate surface area is 129 Å². The van der Waals surface area contributed by atoms with Gasteiger partial charge in [0.05, 0.1) is 4.88 Å². The van der Waals surface area contributed by atoms with Crippen LogP contribution < -0.4 is 0 Å². The Bertz CT molecular complexity index is 719. The SMILES string of the molecule is C[C@H]1CCCN(C(=O)c2cc3c(C(F)(F)F)nn(C)c3s2)C1. The Morgan fingerprint density at radius 2 is 2.18 bits per heavy atom. The number of hydrogen-bond donors (Lipinski definition) is 0. The van der Waals surface area contributed by atoms with Gasteiger partial charge in [0.15, 0.2) is 5.69 Å². The number of likely N-dealkylation sites (tertiary alicyclic amines) is 1. The molecule has 0 bridgehead atoms. The van der Waals surface area contributed by atoms with Gasteiger partial charge in [-0.15, -0.1) is 11.3 Å². The van der Waals surface area contributed by atoms with E-state index in [4.69, 9.17) is 0 Å². The number of aryl methyl sites for hydroxylation is 1. The maximum absolute atomic E-state index is 13.0. The summed E-state index contributed by atoms with van der Waals surface area (Å²) in [5.41, 5.74) is -0.924. The van der Waals surface area contributed by atoms with Crippen LogP contribution >= 0.6 is 11.3 Å². The van der Waals surface area contributed by atoms with Crippen molar-refractivity contribution in [2.45, 2.75) is 25.9 Å². The maximum atomic E-state index is 13.0. The Hall–Kier alpha value is -1.57. The van der Waals surface area contributed by atoms with Crippen LogP contribution in [-0.2, 0) is 13.2 Å². The summed E-state index contributed by atoms with van der Waals surface area (Å²) in [5, 5.41) is 3.53. The number of alkyl halides is 3. The Morgan fingerprint density at radius 1 is 1.45 bits per heavy atom. The van der Waals surface area contributed by atoms with E-state index in [0.717, 1.165) is 24.2 Å². The molecule has 1 aliphatic heterocycles. The summed E-state index contributed by atoms with van der Waals surface area (Å²) in [4.78, 5) is 15.0. The number of amides is 1. The number of rotatable bonds is 1. The van der Waals surface area contributed by atoms with Crippen molar-refractivity contribution in [1.29, 1.82) is 0 Å². The van der Waals surface area contributed by atoms with Crippen molar-refractivity contribution in [3.05, 3.63) is 16.6 Å². The molecular weight excluding hydrogens is 315 g/mol. The molecule has 0 aromatic carbocycles. The van der Waals surface area contributed by atoms with Crippen molar-refractivity contribution < 1.29 is 18.0 Å². The summed E-state index contributed by atoms with van der Waals surface area (Å²) in [5.74, 6) is 0.250. The highest BCUT2D eigenvalue weighted by Gasteiger charge is 2.38. The summed E-state index contributed by atoms with van der Waals surface area (Å²) in [7, 11) is 1.46. The van der Waals surface area contributed by atoms with Crippen LogP contribution in [0.3, 0.4) is 0 Å². The lowest BCUT2D eigenvalue weighted by Crippen LogP contribution is -2.38. The molecule has 8 heteroatoms. The molecule has 0 aliphatic carbocycles. The van der Waals surface area contributed by atoms with E-state index in [1.165, 1.54) is 17.8 Å². The fourth-order valence-electron chi connectivity index (χ4n) is 2.89. The highest BCUT2D eigenvalue weighted by molar-refractivity contribution is 7.20. The second-order valence-electron chi connectivity index (χ2n) is 5.80. The fraction of sp³-hybridized carbons (Fsp3) is 0.571. The van der Waals surface area contributed by atoms with Gasteiger partial charge in [0, 0.05) is 25.5 Å². The molecule has 2 aromatic heterocycles. The molecule has 2 aromatic rings. The first-order valence-corrected chi connectivity index (χ1v) is 7.92. The van der Waals surface area contributed by atoms with Gasteiger partial charge in [-0.05, 0) is 24.8 Å². The van der Waals surface area contributed by atoms with Crippen LogP contribution in [0.2, 0.25) is 0 Å². The third-order valence-corrected chi connectivity index (χ3v) is 5.12. The summed E-state index contributed by atoms with van der Waals surface area (Å²) >= 11 is 1.07. The summed E-state index contributed by atoms with van der Waals surface area (Å²) < 4.78 is 40.1. The van der Waals surface area contributed by atoms with E-state index < -0.39 is 11.9 Å². The summed E-state index contributed by atoms with van der Waals surface area (Å²) in [6, 6.07) is 1.33. The zero-order valence-corrected chi connectivity index (χ0v) is 13.1. The molecule has 0 unspecified atom stereocenters. The van der Waals surface area contributed by atoms with Gasteiger partial charge < -0.3 is 4.90 Å². The highest BCUT2D eigenvalue weighted by Crippen LogP contribution is 2.37. The van der Waals surface area contributed by atoms with Gasteiger partial charge in [0.25, 0.3) is 5.91 Å². The molecule has 1 fully saturated rings. The van der Waals surface area contributed by atoms with Gasteiger partial charge in [-0.25, -0.2) is 0 Å². The molecule has 22 heavy (non-hydrogen) atoms. The van der Waals surface area contributed by atoms with Crippen LogP contribution in [0.15, 0.2) is 6.07 Å². The topological polar surface area (TPSA) is 38.1 Å². The molecule has 1 atom stereocenters. The molecule has 1 aliphatic rings. The number of hydrogen-bond acceptors (Lipinski definition) is 3. The molecule has 4 nitrogen and oxygen atoms in total. The first-order valence-electron chi connectivity index (χ1n) is 7.10. The van der Waals surface area contributed by atoms with Crippen molar-refractivity contribution in [2.24, 2.45) is 13.0 Å². The molecule has 3 rings (SSSR count). The average Bonchev–Trinajstić information content (AvgIpc) is 2.98. The molecule has 0 saturated carbocycles. The Balaban J connectivity index is 1.97. The number of piperidine rings is 1. The summed E-state index contributed by atoms with van der Waals surface area (Å²) in [6.45, 7) is 3.41. The molecule has 0 N–H and O–H groups in total.